The van der Waals surface area contributed by atoms with Crippen LogP contribution in [0.5, 0.6) is 0 Å². The molecule has 0 fully saturated rings. The first kappa shape index (κ1) is 12.2. The lowest BCUT2D eigenvalue weighted by Crippen LogP contribution is -2.04. The molecule has 2 heteroatoms. The van der Waals surface area contributed by atoms with Gasteiger partial charge in [-0.05, 0) is 32.4 Å². The second kappa shape index (κ2) is 5.08. The summed E-state index contributed by atoms with van der Waals surface area (Å²) in [7, 11) is 0. The minimum atomic E-state index is -0.941. The predicted molar refractivity (Wildman–Crippen MR) is 57.7 cm³/mol. The lowest BCUT2D eigenvalue weighted by atomic mass is 10.0. The molecule has 1 N–H and O–H groups in total. The van der Waals surface area contributed by atoms with E-state index < -0.39 is 5.97 Å². The Morgan fingerprint density at radius 2 is 1.93 bits per heavy atom. The van der Waals surface area contributed by atoms with Gasteiger partial charge in [0.05, 0.1) is 5.57 Å². The van der Waals surface area contributed by atoms with Crippen LogP contribution in [0.1, 0.15) is 20.8 Å². The van der Waals surface area contributed by atoms with Crippen LogP contribution in [0.25, 0.3) is 0 Å². The molecule has 0 radical (unpaired) electrons. The van der Waals surface area contributed by atoms with E-state index in [2.05, 4.69) is 12.5 Å². The van der Waals surface area contributed by atoms with Gasteiger partial charge in [-0.1, -0.05) is 18.1 Å². The molecular formula is C12H14O2. The van der Waals surface area contributed by atoms with E-state index in [4.69, 9.17) is 11.5 Å². The summed E-state index contributed by atoms with van der Waals surface area (Å²) in [5.74, 6) is 1.40. The highest BCUT2D eigenvalue weighted by Crippen LogP contribution is 2.15. The monoisotopic (exact) mass is 190 g/mol. The molecular weight excluding hydrogens is 176 g/mol. The molecule has 74 valence electrons. The first-order valence-corrected chi connectivity index (χ1v) is 4.15. The molecule has 0 aliphatic carbocycles. The summed E-state index contributed by atoms with van der Waals surface area (Å²) in [6, 6.07) is 0. The van der Waals surface area contributed by atoms with Crippen molar-refractivity contribution in [2.45, 2.75) is 20.8 Å². The van der Waals surface area contributed by atoms with Crippen LogP contribution in [0.2, 0.25) is 0 Å². The lowest BCUT2D eigenvalue weighted by Gasteiger charge is -2.04. The molecule has 0 bridgehead atoms. The molecule has 0 saturated heterocycles. The molecule has 14 heavy (non-hydrogen) atoms. The van der Waals surface area contributed by atoms with Crippen molar-refractivity contribution in [3.63, 3.8) is 0 Å². The summed E-state index contributed by atoms with van der Waals surface area (Å²) in [5.41, 5.74) is 2.14. The van der Waals surface area contributed by atoms with Crippen molar-refractivity contribution in [3.05, 3.63) is 34.9 Å². The molecule has 0 aliphatic heterocycles. The Bertz CT molecular complexity index is 358. The largest absolute Gasteiger partial charge is 0.478 e. The molecule has 0 spiro atoms. The molecule has 0 unspecified atom stereocenters. The summed E-state index contributed by atoms with van der Waals surface area (Å²) in [6.07, 6.45) is 6.71. The number of rotatable bonds is 3. The van der Waals surface area contributed by atoms with E-state index >= 15 is 0 Å². The number of carbonyl (C=O) groups is 1. The third-order valence-electron chi connectivity index (χ3n) is 1.68. The quantitative estimate of drug-likeness (QED) is 0.422. The van der Waals surface area contributed by atoms with E-state index in [1.165, 1.54) is 0 Å². The highest BCUT2D eigenvalue weighted by molar-refractivity contribution is 5.92. The standard InChI is InChI=1S/C12H14O2/c1-6-9(4)7-10(5)11(8(2)3)12(13)14/h1,7H,4H2,2-3,5H3,(H,13,14)/b10-7+. The average molecular weight is 190 g/mol. The molecule has 0 atom stereocenters. The van der Waals surface area contributed by atoms with Gasteiger partial charge in [0.15, 0.2) is 0 Å². The van der Waals surface area contributed by atoms with E-state index in [1.54, 1.807) is 26.8 Å². The van der Waals surface area contributed by atoms with Gasteiger partial charge in [0, 0.05) is 5.57 Å². The highest BCUT2D eigenvalue weighted by Gasteiger charge is 2.10. The highest BCUT2D eigenvalue weighted by atomic mass is 16.4. The van der Waals surface area contributed by atoms with E-state index in [1.807, 2.05) is 0 Å². The Kier molecular flexibility index (Phi) is 4.45. The zero-order chi connectivity index (χ0) is 11.3. The Morgan fingerprint density at radius 3 is 2.21 bits per heavy atom. The SMILES string of the molecule is C#CC(=C)/C=C(\C)C(C(=O)O)=C(C)C. The minimum absolute atomic E-state index is 0.293. The maximum atomic E-state index is 10.9. The van der Waals surface area contributed by atoms with Crippen molar-refractivity contribution in [1.29, 1.82) is 0 Å². The van der Waals surface area contributed by atoms with Gasteiger partial charge in [-0.15, -0.1) is 6.42 Å². The minimum Gasteiger partial charge on any atom is -0.478 e. The van der Waals surface area contributed by atoms with Gasteiger partial charge in [0.1, 0.15) is 0 Å². The van der Waals surface area contributed by atoms with Crippen LogP contribution in [-0.4, -0.2) is 11.1 Å². The number of aliphatic carboxylic acids is 1. The maximum Gasteiger partial charge on any atom is 0.335 e. The van der Waals surface area contributed by atoms with Gasteiger partial charge in [0.25, 0.3) is 0 Å². The Balaban J connectivity index is 5.21. The number of terminal acetylenes is 1. The molecule has 0 aliphatic rings. The second-order valence-corrected chi connectivity index (χ2v) is 3.18. The van der Waals surface area contributed by atoms with Crippen LogP contribution in [0.3, 0.4) is 0 Å². The first-order valence-electron chi connectivity index (χ1n) is 4.15. The van der Waals surface area contributed by atoms with Crippen molar-refractivity contribution in [2.24, 2.45) is 0 Å². The summed E-state index contributed by atoms with van der Waals surface area (Å²) < 4.78 is 0. The van der Waals surface area contributed by atoms with Gasteiger partial charge in [-0.3, -0.25) is 0 Å². The fourth-order valence-corrected chi connectivity index (χ4v) is 1.15. The molecule has 0 saturated carbocycles. The fourth-order valence-electron chi connectivity index (χ4n) is 1.15. The maximum absolute atomic E-state index is 10.9. The predicted octanol–water partition coefficient (Wildman–Crippen LogP) is 2.54. The molecule has 0 aromatic carbocycles. The summed E-state index contributed by atoms with van der Waals surface area (Å²) in [5, 5.41) is 8.92. The zero-order valence-electron chi connectivity index (χ0n) is 8.72. The van der Waals surface area contributed by atoms with Gasteiger partial charge in [0.2, 0.25) is 0 Å². The first-order chi connectivity index (χ1) is 6.40. The Hall–Kier alpha value is -1.75. The van der Waals surface area contributed by atoms with Crippen molar-refractivity contribution in [1.82, 2.24) is 0 Å². The fraction of sp³-hybridized carbons (Fsp3) is 0.250. The zero-order valence-corrected chi connectivity index (χ0v) is 8.72. The number of allylic oxidation sites excluding steroid dienone is 3. The van der Waals surface area contributed by atoms with Gasteiger partial charge in [-0.2, -0.15) is 0 Å². The third kappa shape index (κ3) is 3.32. The van der Waals surface area contributed by atoms with E-state index in [9.17, 15) is 4.79 Å². The van der Waals surface area contributed by atoms with E-state index in [0.717, 1.165) is 5.57 Å². The molecule has 0 aromatic heterocycles. The number of hydrogen-bond donors (Lipinski definition) is 1. The average Bonchev–Trinajstić information content (AvgIpc) is 2.02. The lowest BCUT2D eigenvalue weighted by molar-refractivity contribution is -0.132. The second-order valence-electron chi connectivity index (χ2n) is 3.18. The van der Waals surface area contributed by atoms with Crippen LogP contribution in [-0.2, 0) is 4.79 Å². The van der Waals surface area contributed by atoms with Crippen LogP contribution >= 0.6 is 0 Å². The number of hydrogen-bond acceptors (Lipinski definition) is 1. The van der Waals surface area contributed by atoms with Gasteiger partial charge >= 0.3 is 5.97 Å². The van der Waals surface area contributed by atoms with Crippen LogP contribution < -0.4 is 0 Å². The molecule has 2 nitrogen and oxygen atoms in total. The summed E-state index contributed by atoms with van der Waals surface area (Å²) >= 11 is 0. The normalized spacial score (nSPS) is 10.3. The molecule has 0 rings (SSSR count). The van der Waals surface area contributed by atoms with Gasteiger partial charge in [-0.25, -0.2) is 4.79 Å². The van der Waals surface area contributed by atoms with Crippen molar-refractivity contribution < 1.29 is 9.90 Å². The molecule has 0 amide bonds. The Morgan fingerprint density at radius 1 is 1.43 bits per heavy atom. The summed E-state index contributed by atoms with van der Waals surface area (Å²) in [4.78, 5) is 10.9. The molecule has 0 heterocycles. The van der Waals surface area contributed by atoms with Crippen LogP contribution in [0, 0.1) is 12.3 Å². The van der Waals surface area contributed by atoms with Crippen molar-refractivity contribution in [3.8, 4) is 12.3 Å². The van der Waals surface area contributed by atoms with Crippen molar-refractivity contribution in [2.75, 3.05) is 0 Å². The van der Waals surface area contributed by atoms with Crippen LogP contribution in [0.4, 0.5) is 0 Å². The smallest absolute Gasteiger partial charge is 0.335 e. The molecule has 0 aromatic rings. The third-order valence-corrected chi connectivity index (χ3v) is 1.68. The Labute approximate surface area is 84.6 Å². The topological polar surface area (TPSA) is 37.3 Å². The number of carboxylic acid groups (broad SMARTS) is 1. The van der Waals surface area contributed by atoms with E-state index in [-0.39, 0.29) is 0 Å². The summed E-state index contributed by atoms with van der Waals surface area (Å²) in [6.45, 7) is 8.79. The van der Waals surface area contributed by atoms with E-state index in [0.29, 0.717) is 16.7 Å². The van der Waals surface area contributed by atoms with Crippen LogP contribution in [0.15, 0.2) is 34.9 Å². The van der Waals surface area contributed by atoms with Crippen molar-refractivity contribution >= 4 is 5.97 Å². The van der Waals surface area contributed by atoms with Gasteiger partial charge < -0.3 is 5.11 Å². The number of carboxylic acids is 1.